The van der Waals surface area contributed by atoms with Crippen LogP contribution >= 0.6 is 22.6 Å². The zero-order valence-electron chi connectivity index (χ0n) is 11.6. The lowest BCUT2D eigenvalue weighted by Gasteiger charge is -2.25. The summed E-state index contributed by atoms with van der Waals surface area (Å²) in [6, 6.07) is 4.02. The minimum absolute atomic E-state index is 0.00637. The second-order valence-corrected chi connectivity index (χ2v) is 7.71. The van der Waals surface area contributed by atoms with Crippen molar-refractivity contribution in [1.29, 1.82) is 0 Å². The van der Waals surface area contributed by atoms with Crippen molar-refractivity contribution in [2.75, 3.05) is 6.54 Å². The predicted octanol–water partition coefficient (Wildman–Crippen LogP) is 2.80. The first-order valence-corrected chi connectivity index (χ1v) is 8.78. The van der Waals surface area contributed by atoms with Crippen LogP contribution in [0.25, 0.3) is 0 Å². The molecule has 1 rings (SSSR count). The monoisotopic (exact) mass is 411 g/mol. The Labute approximate surface area is 133 Å². The molecule has 0 aliphatic rings. The highest BCUT2D eigenvalue weighted by Gasteiger charge is 2.27. The third kappa shape index (κ3) is 3.70. The molecular weight excluding hydrogens is 393 g/mol. The molecule has 0 radical (unpaired) electrons. The molecule has 0 aliphatic heterocycles. The Kier molecular flexibility index (Phi) is 5.96. The second-order valence-electron chi connectivity index (χ2n) is 4.66. The number of hydrogen-bond donors (Lipinski definition) is 1. The van der Waals surface area contributed by atoms with E-state index in [4.69, 9.17) is 5.11 Å². The van der Waals surface area contributed by atoms with Crippen LogP contribution in [0.1, 0.15) is 37.6 Å². The molecule has 0 spiro atoms. The van der Waals surface area contributed by atoms with Gasteiger partial charge in [0.25, 0.3) is 0 Å². The highest BCUT2D eigenvalue weighted by Crippen LogP contribution is 2.22. The third-order valence-corrected chi connectivity index (χ3v) is 5.81. The maximum Gasteiger partial charge on any atom is 0.336 e. The minimum atomic E-state index is -3.67. The Bertz CT molecular complexity index is 598. The van der Waals surface area contributed by atoms with Crippen molar-refractivity contribution in [3.63, 3.8) is 0 Å². The molecule has 0 saturated heterocycles. The Morgan fingerprint density at radius 2 is 2.00 bits per heavy atom. The molecule has 0 aromatic heterocycles. The van der Waals surface area contributed by atoms with E-state index in [1.807, 2.05) is 29.5 Å². The van der Waals surface area contributed by atoms with E-state index in [0.29, 0.717) is 16.5 Å². The SMILES string of the molecule is CCCN(C(C)C)S(=O)(=O)c1ccc(I)c(C(=O)O)c1. The summed E-state index contributed by atoms with van der Waals surface area (Å²) in [5.74, 6) is -1.13. The summed E-state index contributed by atoms with van der Waals surface area (Å²) in [5.41, 5.74) is 0.00637. The number of rotatable bonds is 6. The Morgan fingerprint density at radius 3 is 2.45 bits per heavy atom. The van der Waals surface area contributed by atoms with Gasteiger partial charge in [0, 0.05) is 16.2 Å². The van der Waals surface area contributed by atoms with Gasteiger partial charge in [0.15, 0.2) is 0 Å². The topological polar surface area (TPSA) is 74.7 Å². The molecular formula is C13H18INO4S. The summed E-state index contributed by atoms with van der Waals surface area (Å²) in [6.07, 6.45) is 0.702. The molecule has 0 heterocycles. The average Bonchev–Trinajstić information content (AvgIpc) is 2.35. The molecule has 7 heteroatoms. The summed E-state index contributed by atoms with van der Waals surface area (Å²) in [6.45, 7) is 5.92. The molecule has 0 atom stereocenters. The van der Waals surface area contributed by atoms with Gasteiger partial charge in [0.1, 0.15) is 0 Å². The summed E-state index contributed by atoms with van der Waals surface area (Å²) in [5, 5.41) is 9.09. The predicted molar refractivity (Wildman–Crippen MR) is 85.4 cm³/mol. The van der Waals surface area contributed by atoms with Crippen LogP contribution in [0, 0.1) is 3.57 Å². The van der Waals surface area contributed by atoms with Crippen LogP contribution in [0.4, 0.5) is 0 Å². The van der Waals surface area contributed by atoms with Crippen molar-refractivity contribution in [3.05, 3.63) is 27.3 Å². The number of carboxylic acids is 1. The van der Waals surface area contributed by atoms with Crippen LogP contribution in [0.15, 0.2) is 23.1 Å². The highest BCUT2D eigenvalue weighted by atomic mass is 127. The third-order valence-electron chi connectivity index (χ3n) is 2.79. The molecule has 0 aliphatic carbocycles. The zero-order valence-corrected chi connectivity index (χ0v) is 14.6. The van der Waals surface area contributed by atoms with E-state index in [-0.39, 0.29) is 16.5 Å². The van der Waals surface area contributed by atoms with Gasteiger partial charge in [-0.3, -0.25) is 0 Å². The van der Waals surface area contributed by atoms with Crippen LogP contribution in [-0.4, -0.2) is 36.4 Å². The fourth-order valence-electron chi connectivity index (χ4n) is 1.84. The smallest absolute Gasteiger partial charge is 0.336 e. The maximum atomic E-state index is 12.6. The first-order chi connectivity index (χ1) is 9.21. The first-order valence-electron chi connectivity index (χ1n) is 6.26. The standard InChI is InChI=1S/C13H18INO4S/c1-4-7-15(9(2)3)20(18,19)10-5-6-12(14)11(8-10)13(16)17/h5-6,8-9H,4,7H2,1-3H3,(H,16,17). The van der Waals surface area contributed by atoms with Gasteiger partial charge in [-0.25, -0.2) is 13.2 Å². The van der Waals surface area contributed by atoms with Gasteiger partial charge in [-0.15, -0.1) is 0 Å². The summed E-state index contributed by atoms with van der Waals surface area (Å²) < 4.78 is 27.1. The van der Waals surface area contributed by atoms with Crippen LogP contribution in [0.3, 0.4) is 0 Å². The minimum Gasteiger partial charge on any atom is -0.478 e. The zero-order chi connectivity index (χ0) is 15.5. The van der Waals surface area contributed by atoms with Crippen molar-refractivity contribution in [2.45, 2.75) is 38.1 Å². The fraction of sp³-hybridized carbons (Fsp3) is 0.462. The molecule has 1 aromatic rings. The summed E-state index contributed by atoms with van der Waals surface area (Å²) in [4.78, 5) is 11.1. The van der Waals surface area contributed by atoms with Gasteiger partial charge in [0.05, 0.1) is 10.5 Å². The maximum absolute atomic E-state index is 12.6. The molecule has 1 N–H and O–H groups in total. The van der Waals surface area contributed by atoms with Gasteiger partial charge in [-0.1, -0.05) is 6.92 Å². The lowest BCUT2D eigenvalue weighted by Crippen LogP contribution is -2.37. The lowest BCUT2D eigenvalue weighted by molar-refractivity contribution is 0.0695. The van der Waals surface area contributed by atoms with Crippen molar-refractivity contribution >= 4 is 38.6 Å². The van der Waals surface area contributed by atoms with Crippen molar-refractivity contribution in [1.82, 2.24) is 4.31 Å². The average molecular weight is 411 g/mol. The number of hydrogen-bond acceptors (Lipinski definition) is 3. The molecule has 0 unspecified atom stereocenters. The number of halogens is 1. The normalized spacial score (nSPS) is 12.1. The fourth-order valence-corrected chi connectivity index (χ4v) is 4.16. The van der Waals surface area contributed by atoms with Crippen LogP contribution < -0.4 is 0 Å². The molecule has 0 saturated carbocycles. The number of carbonyl (C=O) groups is 1. The van der Waals surface area contributed by atoms with Crippen LogP contribution in [0.2, 0.25) is 0 Å². The molecule has 0 fully saturated rings. The molecule has 0 amide bonds. The van der Waals surface area contributed by atoms with Crippen LogP contribution in [-0.2, 0) is 10.0 Å². The molecule has 112 valence electrons. The van der Waals surface area contributed by atoms with Crippen molar-refractivity contribution in [2.24, 2.45) is 0 Å². The van der Waals surface area contributed by atoms with E-state index in [1.54, 1.807) is 13.8 Å². The Morgan fingerprint density at radius 1 is 1.40 bits per heavy atom. The quantitative estimate of drug-likeness (QED) is 0.731. The van der Waals surface area contributed by atoms with Gasteiger partial charge < -0.3 is 5.11 Å². The summed E-state index contributed by atoms with van der Waals surface area (Å²) in [7, 11) is -3.67. The number of sulfonamides is 1. The molecule has 20 heavy (non-hydrogen) atoms. The summed E-state index contributed by atoms with van der Waals surface area (Å²) >= 11 is 1.88. The number of benzene rings is 1. The Balaban J connectivity index is 3.34. The van der Waals surface area contributed by atoms with E-state index >= 15 is 0 Å². The van der Waals surface area contributed by atoms with E-state index in [2.05, 4.69) is 0 Å². The van der Waals surface area contributed by atoms with E-state index in [1.165, 1.54) is 22.5 Å². The van der Waals surface area contributed by atoms with E-state index in [9.17, 15) is 13.2 Å². The first kappa shape index (κ1) is 17.4. The van der Waals surface area contributed by atoms with E-state index in [0.717, 1.165) is 0 Å². The van der Waals surface area contributed by atoms with Gasteiger partial charge in [-0.05, 0) is 61.1 Å². The molecule has 1 aromatic carbocycles. The van der Waals surface area contributed by atoms with E-state index < -0.39 is 16.0 Å². The second kappa shape index (κ2) is 6.86. The van der Waals surface area contributed by atoms with Gasteiger partial charge in [-0.2, -0.15) is 4.31 Å². The molecule has 0 bridgehead atoms. The number of aromatic carboxylic acids is 1. The Hall–Kier alpha value is -0.670. The van der Waals surface area contributed by atoms with Crippen LogP contribution in [0.5, 0.6) is 0 Å². The number of nitrogens with zero attached hydrogens (tertiary/aromatic N) is 1. The lowest BCUT2D eigenvalue weighted by atomic mass is 10.2. The van der Waals surface area contributed by atoms with Crippen molar-refractivity contribution in [3.8, 4) is 0 Å². The largest absolute Gasteiger partial charge is 0.478 e. The van der Waals surface area contributed by atoms with Gasteiger partial charge in [0.2, 0.25) is 10.0 Å². The number of carboxylic acid groups (broad SMARTS) is 1. The van der Waals surface area contributed by atoms with Crippen molar-refractivity contribution < 1.29 is 18.3 Å². The highest BCUT2D eigenvalue weighted by molar-refractivity contribution is 14.1. The van der Waals surface area contributed by atoms with Gasteiger partial charge >= 0.3 is 5.97 Å². The molecule has 5 nitrogen and oxygen atoms in total.